The molecule has 82 valence electrons. The van der Waals surface area contributed by atoms with Crippen LogP contribution in [-0.2, 0) is 0 Å². The van der Waals surface area contributed by atoms with Gasteiger partial charge in [-0.1, -0.05) is 38.5 Å². The molecule has 2 heterocycles. The van der Waals surface area contributed by atoms with Crippen molar-refractivity contribution in [2.24, 2.45) is 0 Å². The zero-order valence-electron chi connectivity index (χ0n) is 9.07. The van der Waals surface area contributed by atoms with Gasteiger partial charge in [-0.15, -0.1) is 0 Å². The van der Waals surface area contributed by atoms with Gasteiger partial charge >= 0.3 is 0 Å². The summed E-state index contributed by atoms with van der Waals surface area (Å²) in [4.78, 5) is 0. The molecule has 2 aliphatic rings. The first-order valence-corrected chi connectivity index (χ1v) is 6.21. The van der Waals surface area contributed by atoms with Crippen molar-refractivity contribution < 1.29 is 0 Å². The Kier molecular flexibility index (Phi) is 3.79. The van der Waals surface area contributed by atoms with Gasteiger partial charge in [0.15, 0.2) is 0 Å². The minimum absolute atomic E-state index is 0.124. The quantitative estimate of drug-likeness (QED) is 0.520. The van der Waals surface area contributed by atoms with Gasteiger partial charge in [0.25, 0.3) is 0 Å². The summed E-state index contributed by atoms with van der Waals surface area (Å²) in [5.74, 6) is 0.124. The van der Waals surface area contributed by atoms with Crippen LogP contribution in [0.25, 0.3) is 0 Å². The van der Waals surface area contributed by atoms with E-state index in [0.717, 1.165) is 6.54 Å². The molecule has 0 aromatic rings. The minimum Gasteiger partial charge on any atom is -0.285 e. The van der Waals surface area contributed by atoms with E-state index in [1.807, 2.05) is 0 Å². The van der Waals surface area contributed by atoms with Crippen LogP contribution in [0, 0.1) is 0 Å². The van der Waals surface area contributed by atoms with E-state index in [0.29, 0.717) is 0 Å². The van der Waals surface area contributed by atoms with Gasteiger partial charge in [0.2, 0.25) is 0 Å². The molecule has 2 saturated heterocycles. The van der Waals surface area contributed by atoms with E-state index >= 15 is 0 Å². The zero-order valence-corrected chi connectivity index (χ0v) is 9.07. The molecule has 0 aromatic heterocycles. The average molecular weight is 197 g/mol. The van der Waals surface area contributed by atoms with Crippen LogP contribution in [0.5, 0.6) is 0 Å². The van der Waals surface area contributed by atoms with Crippen LogP contribution in [0.1, 0.15) is 57.8 Å². The van der Waals surface area contributed by atoms with Crippen molar-refractivity contribution in [3.63, 3.8) is 0 Å². The van der Waals surface area contributed by atoms with Gasteiger partial charge in [-0.2, -0.15) is 0 Å². The lowest BCUT2D eigenvalue weighted by atomic mass is 10.0. The predicted molar refractivity (Wildman–Crippen MR) is 58.6 cm³/mol. The first-order valence-electron chi connectivity index (χ1n) is 6.21. The summed E-state index contributed by atoms with van der Waals surface area (Å²) in [6.45, 7) is 1.15. The van der Waals surface area contributed by atoms with Crippen molar-refractivity contribution in [3.8, 4) is 0 Å². The molecule has 3 N–H and O–H groups in total. The van der Waals surface area contributed by atoms with Crippen molar-refractivity contribution >= 4 is 0 Å². The molecule has 2 aliphatic heterocycles. The average Bonchev–Trinajstić information content (AvgIpc) is 2.92. The molecule has 2 fully saturated rings. The molecule has 0 radical (unpaired) electrons. The first kappa shape index (κ1) is 10.4. The Labute approximate surface area is 87.0 Å². The lowest BCUT2D eigenvalue weighted by molar-refractivity contribution is 0.399. The Morgan fingerprint density at radius 2 is 1.21 bits per heavy atom. The standard InChI is InChI=1S/C11H23N3/c1-2-4-6-8-10-12-11(13-14-11)9-7-5-3-1/h12-14H,1-10H2. The normalized spacial score (nSPS) is 29.1. The number of nitrogens with one attached hydrogen (secondary N) is 3. The Bertz CT molecular complexity index is 152. The smallest absolute Gasteiger partial charge is 0.148 e. The predicted octanol–water partition coefficient (Wildman–Crippen LogP) is 1.86. The highest BCUT2D eigenvalue weighted by Crippen LogP contribution is 2.18. The third kappa shape index (κ3) is 3.23. The fraction of sp³-hybridized carbons (Fsp3) is 1.00. The highest BCUT2D eigenvalue weighted by Gasteiger charge is 2.39. The highest BCUT2D eigenvalue weighted by molar-refractivity contribution is 4.91. The maximum Gasteiger partial charge on any atom is 0.148 e. The largest absolute Gasteiger partial charge is 0.285 e. The van der Waals surface area contributed by atoms with Crippen LogP contribution in [0.2, 0.25) is 0 Å². The summed E-state index contributed by atoms with van der Waals surface area (Å²) in [6.07, 6.45) is 12.4. The van der Waals surface area contributed by atoms with Crippen molar-refractivity contribution in [3.05, 3.63) is 0 Å². The molecular weight excluding hydrogens is 174 g/mol. The molecule has 0 aliphatic carbocycles. The fourth-order valence-electron chi connectivity index (χ4n) is 2.25. The Morgan fingerprint density at radius 1 is 0.643 bits per heavy atom. The van der Waals surface area contributed by atoms with Gasteiger partial charge in [0, 0.05) is 0 Å². The maximum absolute atomic E-state index is 3.57. The monoisotopic (exact) mass is 197 g/mol. The van der Waals surface area contributed by atoms with Crippen LogP contribution in [0.15, 0.2) is 0 Å². The van der Waals surface area contributed by atoms with Crippen molar-refractivity contribution in [2.75, 3.05) is 6.54 Å². The molecule has 0 unspecified atom stereocenters. The Morgan fingerprint density at radius 3 is 1.86 bits per heavy atom. The third-order valence-corrected chi connectivity index (χ3v) is 3.33. The Balaban J connectivity index is 1.71. The van der Waals surface area contributed by atoms with E-state index < -0.39 is 0 Å². The van der Waals surface area contributed by atoms with Crippen LogP contribution in [0.4, 0.5) is 0 Å². The second-order valence-corrected chi connectivity index (χ2v) is 4.66. The van der Waals surface area contributed by atoms with E-state index in [1.165, 1.54) is 57.8 Å². The summed E-state index contributed by atoms with van der Waals surface area (Å²) in [7, 11) is 0. The van der Waals surface area contributed by atoms with E-state index in [1.54, 1.807) is 0 Å². The Hall–Kier alpha value is -0.120. The third-order valence-electron chi connectivity index (χ3n) is 3.33. The van der Waals surface area contributed by atoms with Crippen LogP contribution in [-0.4, -0.2) is 12.3 Å². The molecule has 0 bridgehead atoms. The van der Waals surface area contributed by atoms with Gasteiger partial charge in [-0.25, -0.2) is 10.9 Å². The molecule has 1 spiro atoms. The summed E-state index contributed by atoms with van der Waals surface area (Å²) >= 11 is 0. The topological polar surface area (TPSA) is 55.9 Å². The SMILES string of the molecule is C1CCCCCC2(NCCCC1)NN2. The lowest BCUT2D eigenvalue weighted by Gasteiger charge is -2.15. The second kappa shape index (κ2) is 5.10. The summed E-state index contributed by atoms with van der Waals surface area (Å²) in [5, 5.41) is 3.57. The van der Waals surface area contributed by atoms with Crippen LogP contribution in [0.3, 0.4) is 0 Å². The maximum atomic E-state index is 3.57. The molecule has 0 amide bonds. The molecule has 14 heavy (non-hydrogen) atoms. The zero-order chi connectivity index (χ0) is 9.69. The van der Waals surface area contributed by atoms with Crippen molar-refractivity contribution in [2.45, 2.75) is 63.6 Å². The minimum atomic E-state index is 0.124. The summed E-state index contributed by atoms with van der Waals surface area (Å²) in [6, 6.07) is 0. The van der Waals surface area contributed by atoms with Crippen molar-refractivity contribution in [1.29, 1.82) is 0 Å². The highest BCUT2D eigenvalue weighted by atomic mass is 15.7. The van der Waals surface area contributed by atoms with E-state index in [9.17, 15) is 0 Å². The molecule has 2 rings (SSSR count). The van der Waals surface area contributed by atoms with Crippen LogP contribution >= 0.6 is 0 Å². The van der Waals surface area contributed by atoms with Gasteiger partial charge < -0.3 is 0 Å². The molecule has 0 aromatic carbocycles. The molecule has 0 atom stereocenters. The van der Waals surface area contributed by atoms with E-state index in [-0.39, 0.29) is 5.79 Å². The molecule has 0 saturated carbocycles. The molecule has 3 nitrogen and oxygen atoms in total. The van der Waals surface area contributed by atoms with Gasteiger partial charge in [0.05, 0.1) is 0 Å². The van der Waals surface area contributed by atoms with Crippen molar-refractivity contribution in [1.82, 2.24) is 16.2 Å². The molecular formula is C11H23N3. The van der Waals surface area contributed by atoms with E-state index in [2.05, 4.69) is 16.2 Å². The summed E-state index contributed by atoms with van der Waals surface area (Å²) in [5.41, 5.74) is 6.48. The van der Waals surface area contributed by atoms with Crippen LogP contribution < -0.4 is 16.2 Å². The number of hydrazine groups is 1. The fourth-order valence-corrected chi connectivity index (χ4v) is 2.25. The lowest BCUT2D eigenvalue weighted by Crippen LogP contribution is -2.38. The second-order valence-electron chi connectivity index (χ2n) is 4.66. The van der Waals surface area contributed by atoms with Gasteiger partial charge in [0.1, 0.15) is 5.79 Å². The number of hydrogen-bond donors (Lipinski definition) is 3. The van der Waals surface area contributed by atoms with E-state index in [4.69, 9.17) is 0 Å². The first-order chi connectivity index (χ1) is 6.91. The molecule has 3 heteroatoms. The van der Waals surface area contributed by atoms with Gasteiger partial charge in [-0.05, 0) is 25.8 Å². The number of rotatable bonds is 0. The summed E-state index contributed by atoms with van der Waals surface area (Å²) < 4.78 is 0. The van der Waals surface area contributed by atoms with Gasteiger partial charge in [-0.3, -0.25) is 5.32 Å². The number of hydrogen-bond acceptors (Lipinski definition) is 3.